The van der Waals surface area contributed by atoms with Gasteiger partial charge in [0.25, 0.3) is 0 Å². The zero-order chi connectivity index (χ0) is 29.8. The van der Waals surface area contributed by atoms with Crippen LogP contribution in [-0.4, -0.2) is 47.0 Å². The van der Waals surface area contributed by atoms with Gasteiger partial charge in [-0.1, -0.05) is 38.1 Å². The molecule has 3 N–H and O–H groups in total. The Hall–Kier alpha value is -4.53. The van der Waals surface area contributed by atoms with E-state index >= 15 is 0 Å². The second kappa shape index (κ2) is 15.3. The highest BCUT2D eigenvalue weighted by molar-refractivity contribution is 5.98. The first-order valence-electron chi connectivity index (χ1n) is 13.7. The molecule has 0 radical (unpaired) electrons. The van der Waals surface area contributed by atoms with E-state index in [-0.39, 0.29) is 12.3 Å². The van der Waals surface area contributed by atoms with Gasteiger partial charge in [0.2, 0.25) is 11.8 Å². The molecule has 9 heteroatoms. The number of carbonyl (C=O) groups is 4. The van der Waals surface area contributed by atoms with E-state index in [1.807, 2.05) is 50.2 Å². The van der Waals surface area contributed by atoms with Gasteiger partial charge in [0.05, 0.1) is 19.1 Å². The summed E-state index contributed by atoms with van der Waals surface area (Å²) in [5.74, 6) is -3.10. The molecule has 0 saturated carbocycles. The number of esters is 1. The average Bonchev–Trinajstić information content (AvgIpc) is 2.96. The van der Waals surface area contributed by atoms with Crippen molar-refractivity contribution in [3.05, 3.63) is 84.2 Å². The fraction of sp³-hybridized carbons (Fsp3) is 0.344. The number of rotatable bonds is 14. The predicted octanol–water partition coefficient (Wildman–Crippen LogP) is 5.12. The fourth-order valence-corrected chi connectivity index (χ4v) is 4.53. The van der Waals surface area contributed by atoms with Crippen LogP contribution < -0.4 is 10.6 Å². The van der Waals surface area contributed by atoms with Gasteiger partial charge in [-0.25, -0.2) is 4.79 Å². The molecule has 0 spiro atoms. The van der Waals surface area contributed by atoms with Crippen molar-refractivity contribution in [1.29, 1.82) is 0 Å². The zero-order valence-corrected chi connectivity index (χ0v) is 23.6. The molecule has 1 heterocycles. The second-order valence-corrected chi connectivity index (χ2v) is 10.4. The normalized spacial score (nSPS) is 12.3. The Morgan fingerprint density at radius 2 is 1.51 bits per heavy atom. The number of aromatic nitrogens is 1. The topological polar surface area (TPSA) is 135 Å². The number of anilines is 1. The van der Waals surface area contributed by atoms with Crippen LogP contribution >= 0.6 is 0 Å². The maximum Gasteiger partial charge on any atom is 0.337 e. The Morgan fingerprint density at radius 1 is 0.878 bits per heavy atom. The van der Waals surface area contributed by atoms with Crippen LogP contribution in [0.4, 0.5) is 5.69 Å². The van der Waals surface area contributed by atoms with Crippen molar-refractivity contribution >= 4 is 29.4 Å². The quantitative estimate of drug-likeness (QED) is 0.233. The van der Waals surface area contributed by atoms with E-state index in [0.29, 0.717) is 36.9 Å². The van der Waals surface area contributed by atoms with Gasteiger partial charge < -0.3 is 20.5 Å². The lowest BCUT2D eigenvalue weighted by atomic mass is 9.94. The Labute approximate surface area is 240 Å². The van der Waals surface area contributed by atoms with Crippen molar-refractivity contribution in [1.82, 2.24) is 10.3 Å². The summed E-state index contributed by atoms with van der Waals surface area (Å²) in [4.78, 5) is 53.6. The van der Waals surface area contributed by atoms with Crippen molar-refractivity contribution in [2.75, 3.05) is 12.4 Å². The summed E-state index contributed by atoms with van der Waals surface area (Å²) in [6, 6.07) is 17.4. The van der Waals surface area contributed by atoms with Gasteiger partial charge >= 0.3 is 11.9 Å². The molecular weight excluding hydrogens is 522 g/mol. The molecule has 2 atom stereocenters. The van der Waals surface area contributed by atoms with Crippen LogP contribution in [0, 0.1) is 11.8 Å². The molecular formula is C32H37N3O6. The number of hydrogen-bond acceptors (Lipinski definition) is 6. The Bertz CT molecular complexity index is 1310. The molecule has 0 aliphatic rings. The summed E-state index contributed by atoms with van der Waals surface area (Å²) in [6.45, 7) is 3.87. The molecule has 216 valence electrons. The lowest BCUT2D eigenvalue weighted by molar-refractivity contribution is -0.141. The third kappa shape index (κ3) is 9.86. The van der Waals surface area contributed by atoms with Crippen molar-refractivity contribution in [2.24, 2.45) is 11.8 Å². The molecule has 3 rings (SSSR count). The standard InChI is InChI=1S/C32H37N3O6/c1-21(2)19-28(31(39)34-27-13-11-25(12-14-27)32(40)41-3)35-30(38)26(20-29(36)37)6-4-5-22-7-9-23(10-8-22)24-15-17-33-18-16-24/h7-18,21,26,28H,4-6,19-20H2,1-3H3,(H,34,39)(H,35,38)(H,36,37). The first kappa shape index (κ1) is 31.0. The first-order valence-corrected chi connectivity index (χ1v) is 13.7. The second-order valence-electron chi connectivity index (χ2n) is 10.4. The number of pyridine rings is 1. The molecule has 0 saturated heterocycles. The van der Waals surface area contributed by atoms with E-state index in [1.165, 1.54) is 19.2 Å². The Balaban J connectivity index is 1.61. The minimum absolute atomic E-state index is 0.0980. The number of carboxylic acid groups (broad SMARTS) is 1. The molecule has 2 amide bonds. The number of aryl methyl sites for hydroxylation is 1. The number of benzene rings is 2. The summed E-state index contributed by atoms with van der Waals surface area (Å²) in [7, 11) is 1.29. The number of amides is 2. The van der Waals surface area contributed by atoms with Crippen LogP contribution in [0.1, 0.15) is 55.5 Å². The largest absolute Gasteiger partial charge is 0.481 e. The minimum Gasteiger partial charge on any atom is -0.481 e. The third-order valence-corrected chi connectivity index (χ3v) is 6.69. The Kier molecular flexibility index (Phi) is 11.6. The number of methoxy groups -OCH3 is 1. The molecule has 1 aromatic heterocycles. The van der Waals surface area contributed by atoms with Crippen molar-refractivity contribution in [3.63, 3.8) is 0 Å². The summed E-state index contributed by atoms with van der Waals surface area (Å²) in [5.41, 5.74) is 4.05. The average molecular weight is 560 g/mol. The Morgan fingerprint density at radius 3 is 2.10 bits per heavy atom. The fourth-order valence-electron chi connectivity index (χ4n) is 4.53. The van der Waals surface area contributed by atoms with Crippen molar-refractivity contribution in [2.45, 2.75) is 52.0 Å². The highest BCUT2D eigenvalue weighted by Gasteiger charge is 2.28. The molecule has 3 aromatic rings. The summed E-state index contributed by atoms with van der Waals surface area (Å²) >= 11 is 0. The van der Waals surface area contributed by atoms with Crippen molar-refractivity contribution in [3.8, 4) is 11.1 Å². The molecule has 2 unspecified atom stereocenters. The number of carboxylic acids is 1. The summed E-state index contributed by atoms with van der Waals surface area (Å²) < 4.78 is 4.69. The molecule has 9 nitrogen and oxygen atoms in total. The van der Waals surface area contributed by atoms with E-state index in [4.69, 9.17) is 0 Å². The van der Waals surface area contributed by atoms with E-state index in [9.17, 15) is 24.3 Å². The first-order chi connectivity index (χ1) is 19.7. The number of nitrogens with zero attached hydrogens (tertiary/aromatic N) is 1. The van der Waals surface area contributed by atoms with Crippen LogP contribution in [-0.2, 0) is 25.5 Å². The third-order valence-electron chi connectivity index (χ3n) is 6.69. The van der Waals surface area contributed by atoms with Crippen LogP contribution in [0.3, 0.4) is 0 Å². The maximum absolute atomic E-state index is 13.2. The van der Waals surface area contributed by atoms with Crippen LogP contribution in [0.15, 0.2) is 73.1 Å². The predicted molar refractivity (Wildman–Crippen MR) is 156 cm³/mol. The highest BCUT2D eigenvalue weighted by Crippen LogP contribution is 2.21. The molecule has 41 heavy (non-hydrogen) atoms. The van der Waals surface area contributed by atoms with Gasteiger partial charge in [-0.2, -0.15) is 0 Å². The van der Waals surface area contributed by atoms with Gasteiger partial charge in [-0.05, 0) is 84.7 Å². The minimum atomic E-state index is -1.07. The number of nitrogens with one attached hydrogen (secondary N) is 2. The molecule has 0 aliphatic carbocycles. The monoisotopic (exact) mass is 559 g/mol. The molecule has 0 bridgehead atoms. The van der Waals surface area contributed by atoms with E-state index in [1.54, 1.807) is 24.5 Å². The lowest BCUT2D eigenvalue weighted by Gasteiger charge is -2.23. The number of aliphatic carboxylic acids is 1. The molecule has 2 aromatic carbocycles. The van der Waals surface area contributed by atoms with Gasteiger partial charge in [0, 0.05) is 24.0 Å². The highest BCUT2D eigenvalue weighted by atomic mass is 16.5. The molecule has 0 fully saturated rings. The SMILES string of the molecule is COC(=O)c1ccc(NC(=O)C(CC(C)C)NC(=O)C(CCCc2ccc(-c3ccncc3)cc2)CC(=O)O)cc1. The van der Waals surface area contributed by atoms with Crippen LogP contribution in [0.2, 0.25) is 0 Å². The number of hydrogen-bond donors (Lipinski definition) is 3. The van der Waals surface area contributed by atoms with E-state index in [2.05, 4.69) is 20.4 Å². The zero-order valence-electron chi connectivity index (χ0n) is 23.6. The lowest BCUT2D eigenvalue weighted by Crippen LogP contribution is -2.47. The number of carbonyl (C=O) groups excluding carboxylic acids is 3. The van der Waals surface area contributed by atoms with Gasteiger partial charge in [0.1, 0.15) is 6.04 Å². The molecule has 0 aliphatic heterocycles. The summed E-state index contributed by atoms with van der Waals surface area (Å²) in [5, 5.41) is 15.0. The van der Waals surface area contributed by atoms with Gasteiger partial charge in [0.15, 0.2) is 0 Å². The van der Waals surface area contributed by atoms with Gasteiger partial charge in [-0.15, -0.1) is 0 Å². The number of ether oxygens (including phenoxy) is 1. The van der Waals surface area contributed by atoms with Crippen molar-refractivity contribution < 1.29 is 29.0 Å². The van der Waals surface area contributed by atoms with Gasteiger partial charge in [-0.3, -0.25) is 19.4 Å². The maximum atomic E-state index is 13.2. The van der Waals surface area contributed by atoms with E-state index < -0.39 is 35.7 Å². The van der Waals surface area contributed by atoms with Crippen LogP contribution in [0.25, 0.3) is 11.1 Å². The van der Waals surface area contributed by atoms with Crippen LogP contribution in [0.5, 0.6) is 0 Å². The summed E-state index contributed by atoms with van der Waals surface area (Å²) in [6.07, 6.45) is 5.23. The smallest absolute Gasteiger partial charge is 0.337 e. The van der Waals surface area contributed by atoms with E-state index in [0.717, 1.165) is 16.7 Å².